The van der Waals surface area contributed by atoms with Crippen LogP contribution in [0.3, 0.4) is 0 Å². The molecule has 2 N–H and O–H groups in total. The molecule has 1 aliphatic rings. The number of likely N-dealkylation sites (N-methyl/N-ethyl adjacent to an activating group) is 1. The van der Waals surface area contributed by atoms with Gasteiger partial charge >= 0.3 is 0 Å². The van der Waals surface area contributed by atoms with Gasteiger partial charge in [0.2, 0.25) is 10.0 Å². The highest BCUT2D eigenvalue weighted by Crippen LogP contribution is 2.26. The number of sulfonamides is 1. The van der Waals surface area contributed by atoms with Gasteiger partial charge in [-0.1, -0.05) is 12.1 Å². The summed E-state index contributed by atoms with van der Waals surface area (Å²) in [6.45, 7) is 3.22. The van der Waals surface area contributed by atoms with Crippen LogP contribution in [-0.4, -0.2) is 46.0 Å². The van der Waals surface area contributed by atoms with Crippen molar-refractivity contribution >= 4 is 10.0 Å². The Balaban J connectivity index is 1.94. The molecule has 1 aromatic rings. The summed E-state index contributed by atoms with van der Waals surface area (Å²) in [7, 11) is 0.501. The number of nitrogens with zero attached hydrogens (tertiary/aromatic N) is 1. The minimum Gasteiger partial charge on any atom is -0.316 e. The van der Waals surface area contributed by atoms with Crippen molar-refractivity contribution in [3.8, 4) is 0 Å². The molecule has 1 aliphatic carbocycles. The van der Waals surface area contributed by atoms with Crippen molar-refractivity contribution < 1.29 is 8.42 Å². The zero-order valence-corrected chi connectivity index (χ0v) is 13.8. The average molecular weight is 311 g/mol. The number of benzene rings is 1. The Morgan fingerprint density at radius 2 is 1.90 bits per heavy atom. The molecule has 21 heavy (non-hydrogen) atoms. The van der Waals surface area contributed by atoms with Crippen molar-refractivity contribution in [3.63, 3.8) is 0 Å². The van der Waals surface area contributed by atoms with E-state index in [0.717, 1.165) is 12.1 Å². The van der Waals surface area contributed by atoms with E-state index < -0.39 is 10.0 Å². The number of hydrogen-bond donors (Lipinski definition) is 2. The van der Waals surface area contributed by atoms with Gasteiger partial charge in [0.15, 0.2) is 0 Å². The summed E-state index contributed by atoms with van der Waals surface area (Å²) >= 11 is 0. The van der Waals surface area contributed by atoms with Crippen LogP contribution >= 0.6 is 0 Å². The molecule has 0 aromatic heterocycles. The maximum Gasteiger partial charge on any atom is 0.240 e. The summed E-state index contributed by atoms with van der Waals surface area (Å²) in [5.41, 5.74) is 1.07. The van der Waals surface area contributed by atoms with Gasteiger partial charge in [-0.2, -0.15) is 0 Å². The monoisotopic (exact) mass is 311 g/mol. The molecule has 118 valence electrons. The fourth-order valence-corrected chi connectivity index (χ4v) is 3.41. The highest BCUT2D eigenvalue weighted by molar-refractivity contribution is 7.89. The molecule has 1 unspecified atom stereocenters. The fraction of sp³-hybridized carbons (Fsp3) is 0.600. The van der Waals surface area contributed by atoms with E-state index in [0.29, 0.717) is 17.5 Å². The Morgan fingerprint density at radius 3 is 2.43 bits per heavy atom. The molecular formula is C15H25N3O2S. The van der Waals surface area contributed by atoms with E-state index in [1.807, 2.05) is 19.2 Å². The quantitative estimate of drug-likeness (QED) is 0.756. The Morgan fingerprint density at radius 1 is 1.29 bits per heavy atom. The van der Waals surface area contributed by atoms with Crippen molar-refractivity contribution in [2.45, 2.75) is 43.3 Å². The van der Waals surface area contributed by atoms with Gasteiger partial charge in [0, 0.05) is 25.2 Å². The second-order valence-corrected chi connectivity index (χ2v) is 7.54. The highest BCUT2D eigenvalue weighted by atomic mass is 32.2. The first-order valence-electron chi connectivity index (χ1n) is 7.39. The summed E-state index contributed by atoms with van der Waals surface area (Å²) in [4.78, 5) is 2.57. The molecule has 2 rings (SSSR count). The molecule has 1 fully saturated rings. The number of nitrogens with one attached hydrogen (secondary N) is 2. The topological polar surface area (TPSA) is 61.4 Å². The van der Waals surface area contributed by atoms with Crippen LogP contribution < -0.4 is 10.0 Å². The molecular weight excluding hydrogens is 286 g/mol. The molecule has 0 aliphatic heterocycles. The van der Waals surface area contributed by atoms with Crippen LogP contribution in [-0.2, 0) is 16.6 Å². The van der Waals surface area contributed by atoms with Crippen LogP contribution in [0.2, 0.25) is 0 Å². The van der Waals surface area contributed by atoms with Crippen molar-refractivity contribution in [2.75, 3.05) is 20.6 Å². The van der Waals surface area contributed by atoms with Gasteiger partial charge in [0.1, 0.15) is 0 Å². The molecule has 6 heteroatoms. The van der Waals surface area contributed by atoms with Crippen LogP contribution in [0, 0.1) is 0 Å². The van der Waals surface area contributed by atoms with Crippen LogP contribution in [0.5, 0.6) is 0 Å². The van der Waals surface area contributed by atoms with Crippen molar-refractivity contribution in [2.24, 2.45) is 0 Å². The lowest BCUT2D eigenvalue weighted by molar-refractivity contribution is 0.248. The maximum atomic E-state index is 12.3. The van der Waals surface area contributed by atoms with E-state index in [4.69, 9.17) is 0 Å². The molecule has 0 amide bonds. The normalized spacial score (nSPS) is 17.1. The lowest BCUT2D eigenvalue weighted by Crippen LogP contribution is -2.41. The molecule has 0 saturated heterocycles. The van der Waals surface area contributed by atoms with Gasteiger partial charge in [0.25, 0.3) is 0 Å². The van der Waals surface area contributed by atoms with E-state index in [1.54, 1.807) is 12.1 Å². The first-order chi connectivity index (χ1) is 9.94. The molecule has 5 nitrogen and oxygen atoms in total. The lowest BCUT2D eigenvalue weighted by Gasteiger charge is -2.24. The van der Waals surface area contributed by atoms with E-state index in [9.17, 15) is 8.42 Å². The largest absolute Gasteiger partial charge is 0.316 e. The minimum atomic E-state index is -3.42. The van der Waals surface area contributed by atoms with Crippen molar-refractivity contribution in [1.29, 1.82) is 0 Å². The maximum absolute atomic E-state index is 12.3. The number of rotatable bonds is 8. The zero-order valence-electron chi connectivity index (χ0n) is 13.0. The van der Waals surface area contributed by atoms with Crippen molar-refractivity contribution in [1.82, 2.24) is 14.9 Å². The van der Waals surface area contributed by atoms with E-state index in [-0.39, 0.29) is 6.04 Å². The SMILES string of the molecule is CNCc1ccc(S(=O)(=O)NCC(C)N(C)C2CC2)cc1. The Hall–Kier alpha value is -0.950. The Kier molecular flexibility index (Phi) is 5.37. The lowest BCUT2D eigenvalue weighted by atomic mass is 10.2. The molecule has 1 atom stereocenters. The van der Waals surface area contributed by atoms with E-state index in [1.165, 1.54) is 12.8 Å². The van der Waals surface area contributed by atoms with Gasteiger partial charge < -0.3 is 5.32 Å². The summed E-state index contributed by atoms with van der Waals surface area (Å²) in [5, 5.41) is 3.04. The summed E-state index contributed by atoms with van der Waals surface area (Å²) in [6.07, 6.45) is 2.45. The third kappa shape index (κ3) is 4.51. The van der Waals surface area contributed by atoms with Crippen molar-refractivity contribution in [3.05, 3.63) is 29.8 Å². The molecule has 0 radical (unpaired) electrons. The average Bonchev–Trinajstić information content (AvgIpc) is 3.29. The predicted molar refractivity (Wildman–Crippen MR) is 84.6 cm³/mol. The van der Waals surface area contributed by atoms with Gasteiger partial charge in [-0.15, -0.1) is 0 Å². The Labute approximate surface area is 127 Å². The number of hydrogen-bond acceptors (Lipinski definition) is 4. The van der Waals surface area contributed by atoms with Crippen LogP contribution in [0.4, 0.5) is 0 Å². The van der Waals surface area contributed by atoms with Crippen LogP contribution in [0.1, 0.15) is 25.3 Å². The third-order valence-electron chi connectivity index (χ3n) is 4.00. The zero-order chi connectivity index (χ0) is 15.5. The standard InChI is InChI=1S/C15H25N3O2S/c1-12(18(3)14-6-7-14)10-17-21(19,20)15-8-4-13(5-9-15)11-16-2/h4-5,8-9,12,14,16-17H,6-7,10-11H2,1-3H3. The molecule has 0 heterocycles. The smallest absolute Gasteiger partial charge is 0.240 e. The molecule has 1 saturated carbocycles. The van der Waals surface area contributed by atoms with E-state index >= 15 is 0 Å². The molecule has 1 aromatic carbocycles. The summed E-state index contributed by atoms with van der Waals surface area (Å²) in [6, 6.07) is 7.82. The van der Waals surface area contributed by atoms with Gasteiger partial charge in [-0.05, 0) is 51.6 Å². The molecule has 0 bridgehead atoms. The third-order valence-corrected chi connectivity index (χ3v) is 5.44. The van der Waals surface area contributed by atoms with Gasteiger partial charge in [0.05, 0.1) is 4.90 Å². The molecule has 0 spiro atoms. The van der Waals surface area contributed by atoms with Gasteiger partial charge in [-0.25, -0.2) is 13.1 Å². The first-order valence-corrected chi connectivity index (χ1v) is 8.87. The highest BCUT2D eigenvalue weighted by Gasteiger charge is 2.29. The predicted octanol–water partition coefficient (Wildman–Crippen LogP) is 1.17. The fourth-order valence-electron chi connectivity index (χ4n) is 2.29. The summed E-state index contributed by atoms with van der Waals surface area (Å²) in [5.74, 6) is 0. The second-order valence-electron chi connectivity index (χ2n) is 5.77. The summed E-state index contributed by atoms with van der Waals surface area (Å²) < 4.78 is 27.2. The minimum absolute atomic E-state index is 0.204. The van der Waals surface area contributed by atoms with Crippen LogP contribution in [0.15, 0.2) is 29.2 Å². The van der Waals surface area contributed by atoms with Crippen LogP contribution in [0.25, 0.3) is 0 Å². The van der Waals surface area contributed by atoms with E-state index in [2.05, 4.69) is 28.9 Å². The van der Waals surface area contributed by atoms with Gasteiger partial charge in [-0.3, -0.25) is 4.90 Å². The second kappa shape index (κ2) is 6.87. The Bertz CT molecular complexity index is 553. The first kappa shape index (κ1) is 16.4.